The number of H-pyrrole nitrogens is 2. The van der Waals surface area contributed by atoms with Crippen LogP contribution in [0.15, 0.2) is 30.5 Å². The third-order valence-electron chi connectivity index (χ3n) is 2.50. The van der Waals surface area contributed by atoms with E-state index in [0.717, 1.165) is 16.4 Å². The molecule has 6 heteroatoms. The van der Waals surface area contributed by atoms with Gasteiger partial charge in [0.1, 0.15) is 0 Å². The molecule has 3 rings (SSSR count). The van der Waals surface area contributed by atoms with Crippen LogP contribution in [0.2, 0.25) is 0 Å². The van der Waals surface area contributed by atoms with Gasteiger partial charge in [0.15, 0.2) is 4.64 Å². The standard InChI is InChI=1S/C10H7N3O2S/c14-16(15)10-7-5-11-13-9(7)6-3-1-2-4-8(6)12-10/h1-5,12H,(H,11,13). The van der Waals surface area contributed by atoms with E-state index in [1.54, 1.807) is 0 Å². The van der Waals surface area contributed by atoms with Crippen molar-refractivity contribution in [1.82, 2.24) is 15.2 Å². The third-order valence-corrected chi connectivity index (χ3v) is 3.15. The van der Waals surface area contributed by atoms with Crippen LogP contribution in [0.4, 0.5) is 0 Å². The lowest BCUT2D eigenvalue weighted by Crippen LogP contribution is -1.84. The largest absolute Gasteiger partial charge is 0.342 e. The number of aromatic amines is 2. The summed E-state index contributed by atoms with van der Waals surface area (Å²) in [5.74, 6) is 0. The first-order chi connectivity index (χ1) is 7.77. The third kappa shape index (κ3) is 1.17. The number of nitrogens with zero attached hydrogens (tertiary/aromatic N) is 1. The number of rotatable bonds is 0. The summed E-state index contributed by atoms with van der Waals surface area (Å²) in [6, 6.07) is 7.47. The summed E-state index contributed by atoms with van der Waals surface area (Å²) in [5.41, 5.74) is 1.49. The van der Waals surface area contributed by atoms with Crippen molar-refractivity contribution in [3.05, 3.63) is 35.1 Å². The Morgan fingerprint density at radius 3 is 2.75 bits per heavy atom. The average molecular weight is 233 g/mol. The molecule has 2 aromatic heterocycles. The average Bonchev–Trinajstić information content (AvgIpc) is 2.76. The maximum atomic E-state index is 11.1. The molecule has 0 saturated heterocycles. The molecule has 2 heterocycles. The summed E-state index contributed by atoms with van der Waals surface area (Å²) in [6.07, 6.45) is 1.50. The molecule has 1 aromatic carbocycles. The van der Waals surface area contributed by atoms with Crippen molar-refractivity contribution in [3.8, 4) is 0 Å². The van der Waals surface area contributed by atoms with Gasteiger partial charge < -0.3 is 4.98 Å². The molecule has 80 valence electrons. The highest BCUT2D eigenvalue weighted by atomic mass is 32.2. The summed E-state index contributed by atoms with van der Waals surface area (Å²) in [6.45, 7) is 0. The molecule has 0 fully saturated rings. The Balaban J connectivity index is 2.82. The Hall–Kier alpha value is -2.08. The van der Waals surface area contributed by atoms with E-state index in [9.17, 15) is 8.42 Å². The van der Waals surface area contributed by atoms with Crippen LogP contribution < -0.4 is 0 Å². The first-order valence-corrected chi connectivity index (χ1v) is 5.71. The Bertz CT molecular complexity index is 850. The number of para-hydroxylation sites is 1. The maximum Gasteiger partial charge on any atom is 0.239 e. The van der Waals surface area contributed by atoms with Gasteiger partial charge >= 0.3 is 0 Å². The topological polar surface area (TPSA) is 78.6 Å². The van der Waals surface area contributed by atoms with E-state index in [1.807, 2.05) is 24.3 Å². The molecule has 0 aliphatic heterocycles. The van der Waals surface area contributed by atoms with Gasteiger partial charge in [-0.1, -0.05) is 18.2 Å². The summed E-state index contributed by atoms with van der Waals surface area (Å²) >= 11 is 0. The highest BCUT2D eigenvalue weighted by Crippen LogP contribution is 2.21. The molecule has 0 radical (unpaired) electrons. The van der Waals surface area contributed by atoms with Crippen LogP contribution >= 0.6 is 0 Å². The monoisotopic (exact) mass is 233 g/mol. The lowest BCUT2D eigenvalue weighted by Gasteiger charge is -1.98. The Morgan fingerprint density at radius 1 is 1.12 bits per heavy atom. The molecule has 0 saturated carbocycles. The van der Waals surface area contributed by atoms with Crippen molar-refractivity contribution in [2.24, 2.45) is 0 Å². The van der Waals surface area contributed by atoms with E-state index in [-0.39, 0.29) is 4.64 Å². The van der Waals surface area contributed by atoms with E-state index >= 15 is 0 Å². The molecular weight excluding hydrogens is 226 g/mol. The Morgan fingerprint density at radius 2 is 1.94 bits per heavy atom. The lowest BCUT2D eigenvalue weighted by atomic mass is 10.2. The lowest BCUT2D eigenvalue weighted by molar-refractivity contribution is 0.624. The second-order valence-electron chi connectivity index (χ2n) is 3.39. The van der Waals surface area contributed by atoms with Crippen molar-refractivity contribution in [1.29, 1.82) is 0 Å². The molecule has 0 aliphatic carbocycles. The zero-order valence-electron chi connectivity index (χ0n) is 8.06. The van der Waals surface area contributed by atoms with Crippen molar-refractivity contribution >= 4 is 32.1 Å². The second-order valence-corrected chi connectivity index (χ2v) is 4.27. The molecule has 5 nitrogen and oxygen atoms in total. The van der Waals surface area contributed by atoms with Gasteiger partial charge in [-0.25, -0.2) is 0 Å². The van der Waals surface area contributed by atoms with Crippen LogP contribution in [0.1, 0.15) is 0 Å². The van der Waals surface area contributed by atoms with Crippen LogP contribution in [0.3, 0.4) is 0 Å². The van der Waals surface area contributed by atoms with E-state index in [1.165, 1.54) is 6.20 Å². The minimum atomic E-state index is -2.30. The molecule has 0 unspecified atom stereocenters. The van der Waals surface area contributed by atoms with E-state index in [2.05, 4.69) is 15.2 Å². The summed E-state index contributed by atoms with van der Waals surface area (Å²) in [7, 11) is -2.30. The predicted molar refractivity (Wildman–Crippen MR) is 60.1 cm³/mol. The minimum Gasteiger partial charge on any atom is -0.342 e. The molecule has 0 aliphatic rings. The van der Waals surface area contributed by atoms with Crippen LogP contribution in [0, 0.1) is 4.64 Å². The highest BCUT2D eigenvalue weighted by molar-refractivity contribution is 7.64. The van der Waals surface area contributed by atoms with E-state index in [4.69, 9.17) is 0 Å². The van der Waals surface area contributed by atoms with Crippen LogP contribution in [-0.2, 0) is 10.3 Å². The zero-order chi connectivity index (χ0) is 11.1. The number of fused-ring (bicyclic) bond motifs is 3. The van der Waals surface area contributed by atoms with Gasteiger partial charge in [-0.2, -0.15) is 13.5 Å². The van der Waals surface area contributed by atoms with Gasteiger partial charge in [0, 0.05) is 10.9 Å². The van der Waals surface area contributed by atoms with E-state index < -0.39 is 10.3 Å². The van der Waals surface area contributed by atoms with Gasteiger partial charge in [0.25, 0.3) is 0 Å². The predicted octanol–water partition coefficient (Wildman–Crippen LogP) is 1.46. The smallest absolute Gasteiger partial charge is 0.239 e. The summed E-state index contributed by atoms with van der Waals surface area (Å²) in [4.78, 5) is 2.88. The molecule has 2 N–H and O–H groups in total. The van der Waals surface area contributed by atoms with Gasteiger partial charge in [0.2, 0.25) is 10.3 Å². The van der Waals surface area contributed by atoms with Crippen molar-refractivity contribution in [3.63, 3.8) is 0 Å². The van der Waals surface area contributed by atoms with Crippen molar-refractivity contribution in [2.45, 2.75) is 0 Å². The Labute approximate surface area is 91.3 Å². The van der Waals surface area contributed by atoms with Gasteiger partial charge in [-0.15, -0.1) is 0 Å². The van der Waals surface area contributed by atoms with Crippen LogP contribution in [0.5, 0.6) is 0 Å². The second kappa shape index (κ2) is 3.21. The van der Waals surface area contributed by atoms with Gasteiger partial charge in [0.05, 0.1) is 17.1 Å². The number of benzene rings is 1. The normalized spacial score (nSPS) is 11.0. The fourth-order valence-corrected chi connectivity index (χ4v) is 2.32. The minimum absolute atomic E-state index is 0.155. The first-order valence-electron chi connectivity index (χ1n) is 4.64. The fraction of sp³-hybridized carbons (Fsp3) is 0. The number of hydrogen-bond donors (Lipinski definition) is 2. The van der Waals surface area contributed by atoms with Gasteiger partial charge in [-0.05, 0) is 6.07 Å². The van der Waals surface area contributed by atoms with E-state index in [0.29, 0.717) is 5.39 Å². The highest BCUT2D eigenvalue weighted by Gasteiger charge is 2.05. The zero-order valence-corrected chi connectivity index (χ0v) is 8.88. The van der Waals surface area contributed by atoms with Crippen molar-refractivity contribution < 1.29 is 8.42 Å². The number of aromatic nitrogens is 3. The van der Waals surface area contributed by atoms with Crippen LogP contribution in [0.25, 0.3) is 21.8 Å². The SMILES string of the molecule is O=S(=O)=c1[nH]c2ccccc2c2[nH]ncc12. The fourth-order valence-electron chi connectivity index (χ4n) is 1.79. The number of nitrogens with one attached hydrogen (secondary N) is 2. The molecular formula is C10H7N3O2S. The molecule has 3 aromatic rings. The molecule has 0 atom stereocenters. The maximum absolute atomic E-state index is 11.1. The number of hydrogen-bond acceptors (Lipinski definition) is 3. The van der Waals surface area contributed by atoms with Crippen LogP contribution in [-0.4, -0.2) is 23.6 Å². The summed E-state index contributed by atoms with van der Waals surface area (Å²) in [5, 5.41) is 8.19. The number of pyridine rings is 1. The molecule has 0 spiro atoms. The molecule has 16 heavy (non-hydrogen) atoms. The Kier molecular flexibility index (Phi) is 1.84. The van der Waals surface area contributed by atoms with Crippen molar-refractivity contribution in [2.75, 3.05) is 0 Å². The molecule has 0 bridgehead atoms. The van der Waals surface area contributed by atoms with Gasteiger partial charge in [-0.3, -0.25) is 5.10 Å². The quantitative estimate of drug-likeness (QED) is 0.577. The first kappa shape index (κ1) is 9.17. The summed E-state index contributed by atoms with van der Waals surface area (Å²) < 4.78 is 22.3. The molecule has 0 amide bonds.